The second-order valence-electron chi connectivity index (χ2n) is 5.95. The summed E-state index contributed by atoms with van der Waals surface area (Å²) in [7, 11) is 0. The van der Waals surface area contributed by atoms with E-state index in [1.165, 1.54) is 31.0 Å². The smallest absolute Gasteiger partial charge is 0.126 e. The van der Waals surface area contributed by atoms with Crippen molar-refractivity contribution in [2.45, 2.75) is 52.0 Å². The van der Waals surface area contributed by atoms with Crippen molar-refractivity contribution >= 4 is 0 Å². The van der Waals surface area contributed by atoms with E-state index < -0.39 is 0 Å². The summed E-state index contributed by atoms with van der Waals surface area (Å²) in [5.41, 5.74) is 0.523. The summed E-state index contributed by atoms with van der Waals surface area (Å²) in [6.07, 6.45) is 5.33. The number of hydrogen-bond donors (Lipinski definition) is 1. The van der Waals surface area contributed by atoms with E-state index in [-0.39, 0.29) is 11.6 Å². The molecule has 0 saturated heterocycles. The van der Waals surface area contributed by atoms with Gasteiger partial charge >= 0.3 is 0 Å². The Bertz CT molecular complexity index is 433. The predicted octanol–water partition coefficient (Wildman–Crippen LogP) is 4.31. The highest BCUT2D eigenvalue weighted by atomic mass is 19.1. The highest BCUT2D eigenvalue weighted by Gasteiger charge is 2.29. The number of rotatable bonds is 5. The molecule has 1 aliphatic carbocycles. The Balaban J connectivity index is 2.11. The van der Waals surface area contributed by atoms with E-state index in [0.29, 0.717) is 23.9 Å². The minimum absolute atomic E-state index is 0.278. The summed E-state index contributed by atoms with van der Waals surface area (Å²) in [6.45, 7) is 5.26. The largest absolute Gasteiger partial charge is 0.314 e. The van der Waals surface area contributed by atoms with Crippen molar-refractivity contribution < 1.29 is 8.78 Å². The lowest BCUT2D eigenvalue weighted by molar-refractivity contribution is 0.198. The van der Waals surface area contributed by atoms with Gasteiger partial charge in [-0.3, -0.25) is 0 Å². The predicted molar refractivity (Wildman–Crippen MR) is 78.6 cm³/mol. The molecule has 1 saturated carbocycles. The van der Waals surface area contributed by atoms with Crippen LogP contribution >= 0.6 is 0 Å². The van der Waals surface area contributed by atoms with E-state index >= 15 is 0 Å². The Morgan fingerprint density at radius 1 is 1.20 bits per heavy atom. The maximum absolute atomic E-state index is 13.8. The van der Waals surface area contributed by atoms with Gasteiger partial charge in [0.25, 0.3) is 0 Å². The Hall–Kier alpha value is -0.960. The lowest BCUT2D eigenvalue weighted by Gasteiger charge is -2.36. The maximum Gasteiger partial charge on any atom is 0.126 e. The summed E-state index contributed by atoms with van der Waals surface area (Å²) in [5.74, 6) is 0.515. The van der Waals surface area contributed by atoms with Crippen molar-refractivity contribution in [3.05, 3.63) is 35.4 Å². The standard InChI is InChI=1S/C17H25F2N/c1-3-12-5-8-17(20-4-2)14(9-12)10-13-11-15(18)6-7-16(13)19/h6-7,11-12,14,17,20H,3-5,8-10H2,1-2H3. The average molecular weight is 281 g/mol. The molecule has 0 bridgehead atoms. The number of hydrogen-bond acceptors (Lipinski definition) is 1. The van der Waals surface area contributed by atoms with Gasteiger partial charge in [0.2, 0.25) is 0 Å². The molecular weight excluding hydrogens is 256 g/mol. The van der Waals surface area contributed by atoms with E-state index in [1.54, 1.807) is 0 Å². The second-order valence-corrected chi connectivity index (χ2v) is 5.95. The second kappa shape index (κ2) is 7.16. The molecule has 0 spiro atoms. The normalized spacial score (nSPS) is 26.7. The molecule has 1 fully saturated rings. The van der Waals surface area contributed by atoms with Gasteiger partial charge in [-0.25, -0.2) is 8.78 Å². The van der Waals surface area contributed by atoms with Crippen LogP contribution in [0.15, 0.2) is 18.2 Å². The van der Waals surface area contributed by atoms with Gasteiger partial charge < -0.3 is 5.32 Å². The number of halogens is 2. The molecule has 2 rings (SSSR count). The van der Waals surface area contributed by atoms with Gasteiger partial charge in [0, 0.05) is 6.04 Å². The van der Waals surface area contributed by atoms with Crippen LogP contribution in [-0.4, -0.2) is 12.6 Å². The fourth-order valence-electron chi connectivity index (χ4n) is 3.47. The van der Waals surface area contributed by atoms with Crippen LogP contribution in [0.5, 0.6) is 0 Å². The zero-order valence-electron chi connectivity index (χ0n) is 12.5. The van der Waals surface area contributed by atoms with Crippen molar-refractivity contribution in [3.8, 4) is 0 Å². The zero-order chi connectivity index (χ0) is 14.5. The van der Waals surface area contributed by atoms with Gasteiger partial charge in [-0.1, -0.05) is 20.3 Å². The Morgan fingerprint density at radius 2 is 2.00 bits per heavy atom. The van der Waals surface area contributed by atoms with Crippen LogP contribution in [0.25, 0.3) is 0 Å². The van der Waals surface area contributed by atoms with E-state index in [1.807, 2.05) is 0 Å². The Labute approximate surface area is 120 Å². The van der Waals surface area contributed by atoms with Crippen LogP contribution in [-0.2, 0) is 6.42 Å². The molecule has 0 aliphatic heterocycles. The van der Waals surface area contributed by atoms with Gasteiger partial charge in [-0.05, 0) is 67.8 Å². The lowest BCUT2D eigenvalue weighted by Crippen LogP contribution is -2.41. The molecule has 0 amide bonds. The molecule has 1 nitrogen and oxygen atoms in total. The third-order valence-electron chi connectivity index (χ3n) is 4.62. The van der Waals surface area contributed by atoms with Crippen LogP contribution in [0.2, 0.25) is 0 Å². The molecule has 1 aromatic rings. The molecule has 3 atom stereocenters. The third kappa shape index (κ3) is 3.78. The molecule has 0 heterocycles. The van der Waals surface area contributed by atoms with Gasteiger partial charge in [0.05, 0.1) is 0 Å². The van der Waals surface area contributed by atoms with E-state index in [9.17, 15) is 8.78 Å². The number of benzene rings is 1. The van der Waals surface area contributed by atoms with Crippen molar-refractivity contribution in [2.24, 2.45) is 11.8 Å². The van der Waals surface area contributed by atoms with Crippen LogP contribution in [0.3, 0.4) is 0 Å². The molecular formula is C17H25F2N. The van der Waals surface area contributed by atoms with Crippen molar-refractivity contribution in [1.82, 2.24) is 5.32 Å². The molecule has 0 radical (unpaired) electrons. The molecule has 20 heavy (non-hydrogen) atoms. The highest BCUT2D eigenvalue weighted by molar-refractivity contribution is 5.19. The maximum atomic E-state index is 13.8. The average Bonchev–Trinajstić information content (AvgIpc) is 2.45. The highest BCUT2D eigenvalue weighted by Crippen LogP contribution is 2.34. The fraction of sp³-hybridized carbons (Fsp3) is 0.647. The summed E-state index contributed by atoms with van der Waals surface area (Å²) >= 11 is 0. The van der Waals surface area contributed by atoms with E-state index in [4.69, 9.17) is 0 Å². The van der Waals surface area contributed by atoms with Crippen molar-refractivity contribution in [2.75, 3.05) is 6.54 Å². The Morgan fingerprint density at radius 3 is 2.70 bits per heavy atom. The van der Waals surface area contributed by atoms with Crippen LogP contribution < -0.4 is 5.32 Å². The molecule has 1 aromatic carbocycles. The van der Waals surface area contributed by atoms with Gasteiger partial charge in [0.15, 0.2) is 0 Å². The minimum Gasteiger partial charge on any atom is -0.314 e. The van der Waals surface area contributed by atoms with Crippen LogP contribution in [0, 0.1) is 23.5 Å². The van der Waals surface area contributed by atoms with Crippen molar-refractivity contribution in [3.63, 3.8) is 0 Å². The molecule has 3 unspecified atom stereocenters. The summed E-state index contributed by atoms with van der Waals surface area (Å²) in [5, 5.41) is 3.52. The molecule has 0 aromatic heterocycles. The molecule has 1 aliphatic rings. The van der Waals surface area contributed by atoms with Crippen molar-refractivity contribution in [1.29, 1.82) is 0 Å². The van der Waals surface area contributed by atoms with E-state index in [0.717, 1.165) is 25.3 Å². The van der Waals surface area contributed by atoms with E-state index in [2.05, 4.69) is 19.2 Å². The summed E-state index contributed by atoms with van der Waals surface area (Å²) in [6, 6.07) is 4.22. The molecule has 3 heteroatoms. The fourth-order valence-corrected chi connectivity index (χ4v) is 3.47. The first-order valence-electron chi connectivity index (χ1n) is 7.81. The van der Waals surface area contributed by atoms with Gasteiger partial charge in [-0.15, -0.1) is 0 Å². The van der Waals surface area contributed by atoms with Crippen LogP contribution in [0.4, 0.5) is 8.78 Å². The first-order chi connectivity index (χ1) is 9.63. The lowest BCUT2D eigenvalue weighted by atomic mass is 9.74. The first-order valence-corrected chi connectivity index (χ1v) is 7.81. The summed E-state index contributed by atoms with van der Waals surface area (Å²) in [4.78, 5) is 0. The van der Waals surface area contributed by atoms with Crippen LogP contribution in [0.1, 0.15) is 45.1 Å². The third-order valence-corrected chi connectivity index (χ3v) is 4.62. The SMILES string of the molecule is CCNC1CCC(CC)CC1Cc1cc(F)ccc1F. The first kappa shape index (κ1) is 15.4. The molecule has 1 N–H and O–H groups in total. The minimum atomic E-state index is -0.343. The topological polar surface area (TPSA) is 12.0 Å². The number of nitrogens with one attached hydrogen (secondary N) is 1. The molecule has 112 valence electrons. The van der Waals surface area contributed by atoms with Gasteiger partial charge in [0.1, 0.15) is 11.6 Å². The zero-order valence-corrected chi connectivity index (χ0v) is 12.5. The monoisotopic (exact) mass is 281 g/mol. The quantitative estimate of drug-likeness (QED) is 0.848. The van der Waals surface area contributed by atoms with Gasteiger partial charge in [-0.2, -0.15) is 0 Å². The summed E-state index contributed by atoms with van der Waals surface area (Å²) < 4.78 is 27.1. The Kier molecular flexibility index (Phi) is 5.53.